The van der Waals surface area contributed by atoms with E-state index >= 15 is 0 Å². The Bertz CT molecular complexity index is 480. The molecule has 1 aromatic rings. The Morgan fingerprint density at radius 1 is 1.72 bits per heavy atom. The topological polar surface area (TPSA) is 100 Å². The number of carboxylic acid groups (broad SMARTS) is 1. The van der Waals surface area contributed by atoms with Crippen molar-refractivity contribution in [2.45, 2.75) is 43.6 Å². The summed E-state index contributed by atoms with van der Waals surface area (Å²) in [5.74, 6) is -0.508. The lowest BCUT2D eigenvalue weighted by atomic mass is 10.3. The van der Waals surface area contributed by atoms with Gasteiger partial charge in [0.25, 0.3) is 0 Å². The van der Waals surface area contributed by atoms with Crippen molar-refractivity contribution in [2.24, 2.45) is 0 Å². The number of aliphatic carboxylic acids is 1. The second-order valence-electron chi connectivity index (χ2n) is 4.20. The van der Waals surface area contributed by atoms with Crippen molar-refractivity contribution in [1.82, 2.24) is 20.1 Å². The van der Waals surface area contributed by atoms with Crippen molar-refractivity contribution in [1.29, 1.82) is 0 Å². The number of hydrogen-bond acceptors (Lipinski definition) is 5. The van der Waals surface area contributed by atoms with E-state index in [1.807, 2.05) is 6.92 Å². The largest absolute Gasteiger partial charge is 0.480 e. The van der Waals surface area contributed by atoms with E-state index in [1.165, 1.54) is 16.3 Å². The van der Waals surface area contributed by atoms with E-state index < -0.39 is 12.0 Å². The highest BCUT2D eigenvalue weighted by Gasteiger charge is 2.28. The van der Waals surface area contributed by atoms with Gasteiger partial charge in [-0.05, 0) is 19.8 Å². The molecule has 100 valence electrons. The fourth-order valence-electron chi connectivity index (χ4n) is 1.58. The van der Waals surface area contributed by atoms with E-state index in [9.17, 15) is 9.59 Å². The van der Waals surface area contributed by atoms with E-state index in [4.69, 9.17) is 5.11 Å². The predicted octanol–water partition coefficient (Wildman–Crippen LogP) is -0.111. The van der Waals surface area contributed by atoms with Gasteiger partial charge in [-0.15, -0.1) is 5.10 Å². The molecule has 0 aliphatic heterocycles. The maximum absolute atomic E-state index is 11.3. The molecular weight excluding hydrogens is 256 g/mol. The van der Waals surface area contributed by atoms with Crippen LogP contribution in [0, 0.1) is 0 Å². The van der Waals surface area contributed by atoms with Gasteiger partial charge in [0, 0.05) is 18.3 Å². The summed E-state index contributed by atoms with van der Waals surface area (Å²) < 4.78 is 1.49. The van der Waals surface area contributed by atoms with E-state index in [-0.39, 0.29) is 5.69 Å². The van der Waals surface area contributed by atoms with E-state index in [2.05, 4.69) is 15.5 Å². The minimum absolute atomic E-state index is 0.262. The Kier molecular flexibility index (Phi) is 4.07. The van der Waals surface area contributed by atoms with Gasteiger partial charge in [0.15, 0.2) is 5.16 Å². The molecule has 1 aliphatic rings. The number of hydrogen-bond donors (Lipinski definition) is 3. The van der Waals surface area contributed by atoms with Crippen LogP contribution in [0.15, 0.2) is 9.95 Å². The highest BCUT2D eigenvalue weighted by atomic mass is 32.2. The van der Waals surface area contributed by atoms with Crippen LogP contribution in [0.1, 0.15) is 19.8 Å². The number of thioether (sulfide) groups is 1. The van der Waals surface area contributed by atoms with Gasteiger partial charge >= 0.3 is 11.7 Å². The third-order valence-corrected chi connectivity index (χ3v) is 3.80. The average Bonchev–Trinajstić information content (AvgIpc) is 3.08. The second-order valence-corrected chi connectivity index (χ2v) is 5.19. The molecule has 1 unspecified atom stereocenters. The minimum atomic E-state index is -0.865. The summed E-state index contributed by atoms with van der Waals surface area (Å²) >= 11 is 1.28. The fraction of sp³-hybridized carbons (Fsp3) is 0.700. The van der Waals surface area contributed by atoms with Crippen molar-refractivity contribution in [3.05, 3.63) is 10.5 Å². The van der Waals surface area contributed by atoms with Gasteiger partial charge in [0.05, 0.1) is 0 Å². The number of carboxylic acids is 1. The maximum atomic E-state index is 11.3. The first-order valence-electron chi connectivity index (χ1n) is 5.88. The van der Waals surface area contributed by atoms with Crippen molar-refractivity contribution >= 4 is 17.7 Å². The summed E-state index contributed by atoms with van der Waals surface area (Å²) in [5.41, 5.74) is -0.262. The molecular formula is C10H16N4O3S. The van der Waals surface area contributed by atoms with Gasteiger partial charge in [0.1, 0.15) is 6.04 Å². The molecule has 0 amide bonds. The van der Waals surface area contributed by atoms with E-state index in [1.54, 1.807) is 0 Å². The van der Waals surface area contributed by atoms with Crippen molar-refractivity contribution < 1.29 is 9.90 Å². The highest BCUT2D eigenvalue weighted by molar-refractivity contribution is 7.99. The first-order chi connectivity index (χ1) is 8.61. The zero-order valence-corrected chi connectivity index (χ0v) is 10.9. The fourth-order valence-corrected chi connectivity index (χ4v) is 2.61. The minimum Gasteiger partial charge on any atom is -0.480 e. The quantitative estimate of drug-likeness (QED) is 0.599. The average molecular weight is 272 g/mol. The second kappa shape index (κ2) is 5.57. The highest BCUT2D eigenvalue weighted by Crippen LogP contribution is 2.21. The van der Waals surface area contributed by atoms with E-state index in [0.717, 1.165) is 12.8 Å². The van der Waals surface area contributed by atoms with Gasteiger partial charge in [-0.2, -0.15) is 0 Å². The third kappa shape index (κ3) is 3.14. The lowest BCUT2D eigenvalue weighted by molar-refractivity contribution is -0.138. The molecule has 1 atom stereocenters. The lowest BCUT2D eigenvalue weighted by Crippen LogP contribution is -2.40. The number of carbonyl (C=O) groups is 1. The number of nitrogens with zero attached hydrogens (tertiary/aromatic N) is 2. The number of aromatic nitrogens is 3. The van der Waals surface area contributed by atoms with Gasteiger partial charge in [-0.25, -0.2) is 9.89 Å². The molecule has 0 spiro atoms. The molecule has 0 radical (unpaired) electrons. The standard InChI is InChI=1S/C10H16N4O3S/c1-2-14-9(17)12-13-10(14)18-5-7(8(15)16)11-6-3-4-6/h6-7,11H,2-5H2,1H3,(H,12,17)(H,15,16). The lowest BCUT2D eigenvalue weighted by Gasteiger charge is -2.12. The number of aromatic amines is 1. The molecule has 0 saturated heterocycles. The summed E-state index contributed by atoms with van der Waals surface area (Å²) in [5, 5.41) is 18.9. The normalized spacial score (nSPS) is 16.7. The Balaban J connectivity index is 1.95. The van der Waals surface area contributed by atoms with Crippen LogP contribution in [-0.4, -0.2) is 43.7 Å². The van der Waals surface area contributed by atoms with Crippen LogP contribution >= 0.6 is 11.8 Å². The molecule has 3 N–H and O–H groups in total. The molecule has 1 heterocycles. The summed E-state index contributed by atoms with van der Waals surface area (Å²) in [7, 11) is 0. The molecule has 1 fully saturated rings. The number of rotatable bonds is 7. The Hall–Kier alpha value is -1.28. The molecule has 2 rings (SSSR count). The third-order valence-electron chi connectivity index (χ3n) is 2.73. The van der Waals surface area contributed by atoms with Crippen LogP contribution in [0.2, 0.25) is 0 Å². The first kappa shape index (κ1) is 13.2. The maximum Gasteiger partial charge on any atom is 0.343 e. The van der Waals surface area contributed by atoms with Crippen molar-refractivity contribution in [3.63, 3.8) is 0 Å². The molecule has 0 bridgehead atoms. The predicted molar refractivity (Wildman–Crippen MR) is 66.8 cm³/mol. The Morgan fingerprint density at radius 2 is 2.44 bits per heavy atom. The smallest absolute Gasteiger partial charge is 0.343 e. The van der Waals surface area contributed by atoms with Crippen LogP contribution in [0.25, 0.3) is 0 Å². The van der Waals surface area contributed by atoms with Crippen molar-refractivity contribution in [3.8, 4) is 0 Å². The molecule has 1 aliphatic carbocycles. The summed E-state index contributed by atoms with van der Waals surface area (Å²) in [6.07, 6.45) is 2.08. The van der Waals surface area contributed by atoms with E-state index in [0.29, 0.717) is 23.5 Å². The van der Waals surface area contributed by atoms with Gasteiger partial charge < -0.3 is 10.4 Å². The molecule has 0 aromatic carbocycles. The monoisotopic (exact) mass is 272 g/mol. The van der Waals surface area contributed by atoms with Crippen molar-refractivity contribution in [2.75, 3.05) is 5.75 Å². The number of nitrogens with one attached hydrogen (secondary N) is 2. The Labute approximate surface area is 108 Å². The summed E-state index contributed by atoms with van der Waals surface area (Å²) in [6.45, 7) is 2.36. The Morgan fingerprint density at radius 3 is 3.00 bits per heavy atom. The van der Waals surface area contributed by atoms with Crippen LogP contribution in [0.4, 0.5) is 0 Å². The zero-order valence-electron chi connectivity index (χ0n) is 10.0. The first-order valence-corrected chi connectivity index (χ1v) is 6.87. The SMILES string of the molecule is CCn1c(SCC(NC2CC2)C(=O)O)n[nH]c1=O. The van der Waals surface area contributed by atoms with Crippen LogP contribution in [0.3, 0.4) is 0 Å². The molecule has 18 heavy (non-hydrogen) atoms. The summed E-state index contributed by atoms with van der Waals surface area (Å²) in [4.78, 5) is 22.4. The summed E-state index contributed by atoms with van der Waals surface area (Å²) in [6, 6.07) is -0.265. The number of H-pyrrole nitrogens is 1. The van der Waals surface area contributed by atoms with Gasteiger partial charge in [-0.3, -0.25) is 9.36 Å². The molecule has 1 saturated carbocycles. The zero-order chi connectivity index (χ0) is 13.1. The van der Waals surface area contributed by atoms with Crippen LogP contribution in [0.5, 0.6) is 0 Å². The van der Waals surface area contributed by atoms with Gasteiger partial charge in [0.2, 0.25) is 0 Å². The van der Waals surface area contributed by atoms with Crippen LogP contribution in [-0.2, 0) is 11.3 Å². The molecule has 8 heteroatoms. The molecule has 7 nitrogen and oxygen atoms in total. The van der Waals surface area contributed by atoms with Crippen LogP contribution < -0.4 is 11.0 Å². The van der Waals surface area contributed by atoms with Gasteiger partial charge in [-0.1, -0.05) is 11.8 Å². The molecule has 1 aromatic heterocycles.